The van der Waals surface area contributed by atoms with Crippen molar-refractivity contribution in [2.75, 3.05) is 46.2 Å². The highest BCUT2D eigenvalue weighted by molar-refractivity contribution is 5.75. The van der Waals surface area contributed by atoms with Gasteiger partial charge in [0.2, 0.25) is 5.91 Å². The summed E-state index contributed by atoms with van der Waals surface area (Å²) in [5, 5.41) is 2.90. The average molecular weight is 538 g/mol. The fourth-order valence-electron chi connectivity index (χ4n) is 3.35. The molecule has 0 rings (SSSR count). The molecule has 0 aromatic rings. The van der Waals surface area contributed by atoms with E-state index >= 15 is 0 Å². The molecule has 7 nitrogen and oxygen atoms in total. The van der Waals surface area contributed by atoms with E-state index in [2.05, 4.69) is 48.7 Å². The maximum Gasteiger partial charge on any atom is 0.308 e. The van der Waals surface area contributed by atoms with Crippen LogP contribution < -0.4 is 5.32 Å². The topological polar surface area (TPSA) is 83.1 Å². The van der Waals surface area contributed by atoms with Crippen molar-refractivity contribution < 1.29 is 28.5 Å². The smallest absolute Gasteiger partial charge is 0.308 e. The van der Waals surface area contributed by atoms with Crippen LogP contribution in [0.4, 0.5) is 0 Å². The molecular formula is C31H55NO6. The Morgan fingerprint density at radius 3 is 1.87 bits per heavy atom. The summed E-state index contributed by atoms with van der Waals surface area (Å²) in [6.07, 6.45) is 24.1. The molecule has 0 aromatic carbocycles. The first-order valence-corrected chi connectivity index (χ1v) is 14.5. The van der Waals surface area contributed by atoms with Gasteiger partial charge >= 0.3 is 5.97 Å². The number of allylic oxidation sites excluding steroid dienone is 6. The Kier molecular flexibility index (Phi) is 25.3. The molecule has 0 heterocycles. The van der Waals surface area contributed by atoms with E-state index in [4.69, 9.17) is 18.9 Å². The minimum atomic E-state index is -0.468. The normalized spacial score (nSPS) is 12.2. The van der Waals surface area contributed by atoms with Gasteiger partial charge < -0.3 is 24.3 Å². The molecule has 0 bridgehead atoms. The fraction of sp³-hybridized carbons (Fsp3) is 0.742. The van der Waals surface area contributed by atoms with Crippen molar-refractivity contribution in [1.29, 1.82) is 0 Å². The third-order valence-electron chi connectivity index (χ3n) is 5.24. The molecule has 0 radical (unpaired) electrons. The molecule has 0 aliphatic heterocycles. The number of esters is 1. The number of ether oxygens (including phenoxy) is 4. The Balaban J connectivity index is 3.32. The molecule has 0 spiro atoms. The Morgan fingerprint density at radius 1 is 0.658 bits per heavy atom. The van der Waals surface area contributed by atoms with Crippen LogP contribution in [0.25, 0.3) is 0 Å². The van der Waals surface area contributed by atoms with Crippen LogP contribution in [-0.2, 0) is 28.5 Å². The second kappa shape index (κ2) is 26.6. The van der Waals surface area contributed by atoms with Crippen molar-refractivity contribution in [3.63, 3.8) is 0 Å². The second-order valence-electron chi connectivity index (χ2n) is 10.1. The molecule has 0 atom stereocenters. The number of hydrogen-bond acceptors (Lipinski definition) is 6. The van der Waals surface area contributed by atoms with Crippen LogP contribution in [0, 0.1) is 0 Å². The maximum absolute atomic E-state index is 11.9. The number of nitrogens with one attached hydrogen (secondary N) is 1. The van der Waals surface area contributed by atoms with Crippen molar-refractivity contribution >= 4 is 11.9 Å². The lowest BCUT2D eigenvalue weighted by molar-refractivity contribution is -0.156. The number of hydrogen-bond donors (Lipinski definition) is 1. The SMILES string of the molecule is CC/C=C\C/C=C\C/C=C\CCCCCCCC(=O)NCCOCCOCCOCCC(=O)OC(C)(C)C. The Bertz CT molecular complexity index is 651. The predicted octanol–water partition coefficient (Wildman–Crippen LogP) is 6.47. The lowest BCUT2D eigenvalue weighted by Gasteiger charge is -2.19. The first-order chi connectivity index (χ1) is 18.3. The van der Waals surface area contributed by atoms with Crippen LogP contribution >= 0.6 is 0 Å². The summed E-state index contributed by atoms with van der Waals surface area (Å²) in [6, 6.07) is 0. The summed E-state index contributed by atoms with van der Waals surface area (Å²) in [6.45, 7) is 10.8. The summed E-state index contributed by atoms with van der Waals surface area (Å²) in [5.41, 5.74) is -0.468. The van der Waals surface area contributed by atoms with Crippen molar-refractivity contribution in [2.24, 2.45) is 0 Å². The molecule has 0 aliphatic rings. The lowest BCUT2D eigenvalue weighted by Crippen LogP contribution is -2.27. The van der Waals surface area contributed by atoms with Crippen molar-refractivity contribution in [2.45, 2.75) is 104 Å². The van der Waals surface area contributed by atoms with E-state index in [1.54, 1.807) is 0 Å². The van der Waals surface area contributed by atoms with Crippen LogP contribution in [0.1, 0.15) is 98.3 Å². The fourth-order valence-corrected chi connectivity index (χ4v) is 3.35. The molecule has 0 saturated carbocycles. The van der Waals surface area contributed by atoms with Crippen molar-refractivity contribution in [3.8, 4) is 0 Å². The zero-order valence-corrected chi connectivity index (χ0v) is 24.6. The molecule has 1 amide bonds. The van der Waals surface area contributed by atoms with Gasteiger partial charge in [0.05, 0.1) is 46.1 Å². The van der Waals surface area contributed by atoms with E-state index in [1.165, 1.54) is 19.3 Å². The molecule has 0 aromatic heterocycles. The molecule has 0 saturated heterocycles. The number of carbonyl (C=O) groups is 2. The lowest BCUT2D eigenvalue weighted by atomic mass is 10.1. The Labute approximate surface area is 232 Å². The van der Waals surface area contributed by atoms with Gasteiger partial charge in [-0.15, -0.1) is 0 Å². The zero-order valence-electron chi connectivity index (χ0n) is 24.6. The minimum absolute atomic E-state index is 0.0922. The summed E-state index contributed by atoms with van der Waals surface area (Å²) in [4.78, 5) is 23.4. The number of rotatable bonds is 25. The van der Waals surface area contributed by atoms with Gasteiger partial charge in [-0.1, -0.05) is 62.6 Å². The third-order valence-corrected chi connectivity index (χ3v) is 5.24. The molecule has 7 heteroatoms. The Hall–Kier alpha value is -1.96. The quantitative estimate of drug-likeness (QED) is 0.0816. The molecule has 0 unspecified atom stereocenters. The number of carbonyl (C=O) groups excluding carboxylic acids is 2. The molecule has 0 fully saturated rings. The van der Waals surface area contributed by atoms with Crippen molar-refractivity contribution in [1.82, 2.24) is 5.32 Å². The first kappa shape index (κ1) is 36.0. The standard InChI is InChI=1S/C31H55NO6/c1-5-6-7-8-9-10-11-12-13-14-15-16-17-18-19-20-29(33)32-22-24-36-26-28-37-27-25-35-23-21-30(34)38-31(2,3)4/h6-7,9-10,12-13H,5,8,11,14-28H2,1-4H3,(H,32,33)/b7-6-,10-9-,13-12-. The highest BCUT2D eigenvalue weighted by atomic mass is 16.6. The van der Waals surface area contributed by atoms with E-state index in [0.717, 1.165) is 38.5 Å². The molecule has 0 aliphatic carbocycles. The van der Waals surface area contributed by atoms with E-state index in [9.17, 15) is 9.59 Å². The van der Waals surface area contributed by atoms with Crippen LogP contribution in [0.3, 0.4) is 0 Å². The largest absolute Gasteiger partial charge is 0.460 e. The predicted molar refractivity (Wildman–Crippen MR) is 155 cm³/mol. The number of amides is 1. The van der Waals surface area contributed by atoms with Gasteiger partial charge in [0.1, 0.15) is 5.60 Å². The van der Waals surface area contributed by atoms with Gasteiger partial charge in [-0.3, -0.25) is 9.59 Å². The summed E-state index contributed by atoms with van der Waals surface area (Å²) < 4.78 is 21.5. The van der Waals surface area contributed by atoms with Crippen LogP contribution in [0.15, 0.2) is 36.5 Å². The van der Waals surface area contributed by atoms with Gasteiger partial charge in [-0.05, 0) is 59.3 Å². The van der Waals surface area contributed by atoms with E-state index in [1.807, 2.05) is 20.8 Å². The second-order valence-corrected chi connectivity index (χ2v) is 10.1. The van der Waals surface area contributed by atoms with Crippen LogP contribution in [0.5, 0.6) is 0 Å². The molecule has 1 N–H and O–H groups in total. The first-order valence-electron chi connectivity index (χ1n) is 14.5. The molecule has 220 valence electrons. The molecular weight excluding hydrogens is 482 g/mol. The minimum Gasteiger partial charge on any atom is -0.460 e. The summed E-state index contributed by atoms with van der Waals surface area (Å²) in [7, 11) is 0. The van der Waals surface area contributed by atoms with E-state index in [0.29, 0.717) is 52.6 Å². The maximum atomic E-state index is 11.9. The van der Waals surface area contributed by atoms with Gasteiger partial charge in [0, 0.05) is 13.0 Å². The van der Waals surface area contributed by atoms with Gasteiger partial charge in [-0.25, -0.2) is 0 Å². The zero-order chi connectivity index (χ0) is 28.2. The average Bonchev–Trinajstić information content (AvgIpc) is 2.86. The summed E-state index contributed by atoms with van der Waals surface area (Å²) in [5.74, 6) is -0.168. The monoisotopic (exact) mass is 537 g/mol. The Morgan fingerprint density at radius 2 is 1.21 bits per heavy atom. The highest BCUT2D eigenvalue weighted by Crippen LogP contribution is 2.09. The summed E-state index contributed by atoms with van der Waals surface area (Å²) >= 11 is 0. The van der Waals surface area contributed by atoms with Gasteiger partial charge in [0.15, 0.2) is 0 Å². The highest BCUT2D eigenvalue weighted by Gasteiger charge is 2.15. The third kappa shape index (κ3) is 30.3. The van der Waals surface area contributed by atoms with Crippen molar-refractivity contribution in [3.05, 3.63) is 36.5 Å². The molecule has 38 heavy (non-hydrogen) atoms. The van der Waals surface area contributed by atoms with E-state index < -0.39 is 5.60 Å². The van der Waals surface area contributed by atoms with Crippen LogP contribution in [-0.4, -0.2) is 63.7 Å². The van der Waals surface area contributed by atoms with Gasteiger partial charge in [0.25, 0.3) is 0 Å². The van der Waals surface area contributed by atoms with Gasteiger partial charge in [-0.2, -0.15) is 0 Å². The van der Waals surface area contributed by atoms with Crippen LogP contribution in [0.2, 0.25) is 0 Å². The number of unbranched alkanes of at least 4 members (excludes halogenated alkanes) is 5. The van der Waals surface area contributed by atoms with E-state index in [-0.39, 0.29) is 18.3 Å².